The summed E-state index contributed by atoms with van der Waals surface area (Å²) in [5.74, 6) is 0.653. The average molecular weight is 473 g/mol. The van der Waals surface area contributed by atoms with Gasteiger partial charge in [-0.15, -0.1) is 0 Å². The molecular formula is C24H32N4O6. The standard InChI is InChI=1S/C24H32N4O6/c1-23(32)16-24(34-15-19(23)28-11-7-20(29)26-22(28)31)8-12-27(13-9-24)21(30)17-3-5-18(6-4-17)33-14-2-10-25/h3-7,11,19,32H,2,8-10,12-16,25H2,1H3,(H,26,29,31)/t19-,23-/m0/s1. The van der Waals surface area contributed by atoms with Crippen LogP contribution in [0, 0.1) is 0 Å². The molecule has 2 aliphatic rings. The summed E-state index contributed by atoms with van der Waals surface area (Å²) in [6, 6.07) is 7.74. The number of aliphatic hydroxyl groups is 1. The van der Waals surface area contributed by atoms with Gasteiger partial charge in [0.15, 0.2) is 0 Å². The predicted octanol–water partition coefficient (Wildman–Crippen LogP) is 0.652. The van der Waals surface area contributed by atoms with Gasteiger partial charge in [-0.25, -0.2) is 4.79 Å². The van der Waals surface area contributed by atoms with Crippen LogP contribution in [0.1, 0.15) is 49.0 Å². The van der Waals surface area contributed by atoms with Crippen molar-refractivity contribution in [3.63, 3.8) is 0 Å². The monoisotopic (exact) mass is 472 g/mol. The van der Waals surface area contributed by atoms with E-state index >= 15 is 0 Å². The smallest absolute Gasteiger partial charge is 0.328 e. The SMILES string of the molecule is C[C@]1(O)CC2(CCN(C(=O)c3ccc(OCCCN)cc3)CC2)OC[C@@H]1n1ccc(=O)[nH]c1=O. The number of H-pyrrole nitrogens is 1. The highest BCUT2D eigenvalue weighted by Gasteiger charge is 2.50. The number of carbonyl (C=O) groups is 1. The zero-order chi connectivity index (χ0) is 24.3. The minimum atomic E-state index is -1.22. The number of nitrogens with zero attached hydrogens (tertiary/aromatic N) is 2. The molecule has 2 aromatic rings. The maximum Gasteiger partial charge on any atom is 0.328 e. The number of nitrogens with two attached hydrogens (primary N) is 1. The highest BCUT2D eigenvalue weighted by molar-refractivity contribution is 5.94. The number of amides is 1. The third-order valence-corrected chi connectivity index (χ3v) is 6.81. The van der Waals surface area contributed by atoms with Crippen LogP contribution in [0.25, 0.3) is 0 Å². The Balaban J connectivity index is 1.37. The fourth-order valence-electron chi connectivity index (χ4n) is 4.90. The first-order valence-corrected chi connectivity index (χ1v) is 11.6. The van der Waals surface area contributed by atoms with Crippen molar-refractivity contribution in [2.24, 2.45) is 5.73 Å². The molecule has 4 rings (SSSR count). The molecule has 10 nitrogen and oxygen atoms in total. The molecule has 10 heteroatoms. The van der Waals surface area contributed by atoms with Crippen molar-refractivity contribution in [3.8, 4) is 5.75 Å². The summed E-state index contributed by atoms with van der Waals surface area (Å²) < 4.78 is 13.1. The van der Waals surface area contributed by atoms with Gasteiger partial charge in [0.25, 0.3) is 11.5 Å². The molecule has 1 spiro atoms. The molecule has 2 fully saturated rings. The molecule has 0 bridgehead atoms. The Morgan fingerprint density at radius 1 is 1.24 bits per heavy atom. The molecule has 1 aromatic heterocycles. The maximum absolute atomic E-state index is 13.0. The summed E-state index contributed by atoms with van der Waals surface area (Å²) in [5.41, 5.74) is 3.22. The molecule has 1 aromatic carbocycles. The van der Waals surface area contributed by atoms with Crippen molar-refractivity contribution < 1.29 is 19.4 Å². The van der Waals surface area contributed by atoms with E-state index in [1.54, 1.807) is 36.1 Å². The number of piperidine rings is 1. The number of carbonyl (C=O) groups excluding carboxylic acids is 1. The van der Waals surface area contributed by atoms with Crippen LogP contribution in [0.5, 0.6) is 5.75 Å². The van der Waals surface area contributed by atoms with E-state index in [0.29, 0.717) is 56.8 Å². The van der Waals surface area contributed by atoms with Crippen LogP contribution in [0.15, 0.2) is 46.1 Å². The number of benzene rings is 1. The molecule has 34 heavy (non-hydrogen) atoms. The number of hydrogen-bond donors (Lipinski definition) is 3. The lowest BCUT2D eigenvalue weighted by atomic mass is 9.75. The van der Waals surface area contributed by atoms with Crippen LogP contribution in [-0.2, 0) is 4.74 Å². The van der Waals surface area contributed by atoms with Gasteiger partial charge in [-0.3, -0.25) is 19.1 Å². The number of aromatic amines is 1. The van der Waals surface area contributed by atoms with Crippen LogP contribution in [-0.4, -0.2) is 69.5 Å². The van der Waals surface area contributed by atoms with Gasteiger partial charge in [0.1, 0.15) is 5.75 Å². The fourth-order valence-corrected chi connectivity index (χ4v) is 4.90. The summed E-state index contributed by atoms with van der Waals surface area (Å²) in [7, 11) is 0. The van der Waals surface area contributed by atoms with Gasteiger partial charge in [0.05, 0.1) is 30.5 Å². The zero-order valence-corrected chi connectivity index (χ0v) is 19.4. The van der Waals surface area contributed by atoms with Gasteiger partial charge in [-0.2, -0.15) is 0 Å². The summed E-state index contributed by atoms with van der Waals surface area (Å²) in [5, 5.41) is 11.2. The number of rotatable bonds is 6. The van der Waals surface area contributed by atoms with Gasteiger partial charge in [0, 0.05) is 37.3 Å². The molecule has 3 heterocycles. The number of nitrogens with one attached hydrogen (secondary N) is 1. The van der Waals surface area contributed by atoms with E-state index in [2.05, 4.69) is 4.98 Å². The topological polar surface area (TPSA) is 140 Å². The molecule has 0 unspecified atom stereocenters. The Bertz CT molecular complexity index is 1120. The first-order valence-electron chi connectivity index (χ1n) is 11.6. The van der Waals surface area contributed by atoms with E-state index in [-0.39, 0.29) is 12.5 Å². The number of ether oxygens (including phenoxy) is 2. The molecular weight excluding hydrogens is 440 g/mol. The Hall–Kier alpha value is -2.95. The minimum absolute atomic E-state index is 0.0522. The predicted molar refractivity (Wildman–Crippen MR) is 125 cm³/mol. The van der Waals surface area contributed by atoms with Crippen molar-refractivity contribution >= 4 is 5.91 Å². The Labute approximate surface area is 197 Å². The quantitative estimate of drug-likeness (QED) is 0.525. The minimum Gasteiger partial charge on any atom is -0.494 e. The normalized spacial score (nSPS) is 24.2. The summed E-state index contributed by atoms with van der Waals surface area (Å²) in [6.45, 7) is 3.95. The van der Waals surface area contributed by atoms with E-state index in [1.165, 1.54) is 16.8 Å². The van der Waals surface area contributed by atoms with Crippen molar-refractivity contribution in [1.82, 2.24) is 14.5 Å². The van der Waals surface area contributed by atoms with E-state index in [4.69, 9.17) is 15.2 Å². The maximum atomic E-state index is 13.0. The lowest BCUT2D eigenvalue weighted by Crippen LogP contribution is -2.59. The first kappa shape index (κ1) is 24.2. The zero-order valence-electron chi connectivity index (χ0n) is 19.4. The highest BCUT2D eigenvalue weighted by Crippen LogP contribution is 2.43. The molecule has 184 valence electrons. The van der Waals surface area contributed by atoms with Crippen molar-refractivity contribution in [3.05, 3.63) is 62.9 Å². The molecule has 1 amide bonds. The lowest BCUT2D eigenvalue weighted by molar-refractivity contribution is -0.195. The highest BCUT2D eigenvalue weighted by atomic mass is 16.5. The third kappa shape index (κ3) is 5.08. The number of hydrogen-bond acceptors (Lipinski definition) is 7. The molecule has 2 atom stereocenters. The number of likely N-dealkylation sites (tertiary alicyclic amines) is 1. The summed E-state index contributed by atoms with van der Waals surface area (Å²) in [6.07, 6.45) is 3.66. The molecule has 0 aliphatic carbocycles. The van der Waals surface area contributed by atoms with Crippen molar-refractivity contribution in [2.75, 3.05) is 32.8 Å². The van der Waals surface area contributed by atoms with E-state index < -0.39 is 28.5 Å². The molecule has 0 radical (unpaired) electrons. The van der Waals surface area contributed by atoms with Gasteiger partial charge in [0.2, 0.25) is 0 Å². The summed E-state index contributed by atoms with van der Waals surface area (Å²) in [4.78, 5) is 40.6. The van der Waals surface area contributed by atoms with Crippen LogP contribution in [0.2, 0.25) is 0 Å². The molecule has 4 N–H and O–H groups in total. The van der Waals surface area contributed by atoms with Crippen LogP contribution in [0.3, 0.4) is 0 Å². The van der Waals surface area contributed by atoms with Gasteiger partial charge in [-0.05, 0) is 57.0 Å². The largest absolute Gasteiger partial charge is 0.494 e. The first-order chi connectivity index (χ1) is 16.2. The Kier molecular flexibility index (Phi) is 6.92. The second kappa shape index (κ2) is 9.73. The molecule has 2 aliphatic heterocycles. The van der Waals surface area contributed by atoms with E-state index in [1.807, 2.05) is 0 Å². The van der Waals surface area contributed by atoms with Gasteiger partial charge in [-0.1, -0.05) is 0 Å². The average Bonchev–Trinajstić information content (AvgIpc) is 2.80. The van der Waals surface area contributed by atoms with Gasteiger partial charge < -0.3 is 25.2 Å². The van der Waals surface area contributed by atoms with Gasteiger partial charge >= 0.3 is 5.69 Å². The van der Waals surface area contributed by atoms with Crippen LogP contribution in [0.4, 0.5) is 0 Å². The second-order valence-electron chi connectivity index (χ2n) is 9.37. The van der Waals surface area contributed by atoms with Crippen molar-refractivity contribution in [1.29, 1.82) is 0 Å². The Morgan fingerprint density at radius 2 is 1.94 bits per heavy atom. The Morgan fingerprint density at radius 3 is 2.56 bits per heavy atom. The van der Waals surface area contributed by atoms with E-state index in [9.17, 15) is 19.5 Å². The number of aromatic nitrogens is 2. The fraction of sp³-hybridized carbons (Fsp3) is 0.542. The molecule has 0 saturated carbocycles. The summed E-state index contributed by atoms with van der Waals surface area (Å²) >= 11 is 0. The lowest BCUT2D eigenvalue weighted by Gasteiger charge is -2.51. The van der Waals surface area contributed by atoms with Crippen LogP contribution < -0.4 is 21.7 Å². The third-order valence-electron chi connectivity index (χ3n) is 6.81. The van der Waals surface area contributed by atoms with Crippen LogP contribution >= 0.6 is 0 Å². The molecule has 2 saturated heterocycles. The second-order valence-corrected chi connectivity index (χ2v) is 9.37. The van der Waals surface area contributed by atoms with E-state index in [0.717, 1.165) is 6.42 Å². The van der Waals surface area contributed by atoms with Crippen molar-refractivity contribution in [2.45, 2.75) is 49.9 Å².